The second-order valence-electron chi connectivity index (χ2n) is 3.86. The van der Waals surface area contributed by atoms with Crippen molar-refractivity contribution in [2.45, 2.75) is 12.1 Å². The number of hydrogen-bond acceptors (Lipinski definition) is 3. The summed E-state index contributed by atoms with van der Waals surface area (Å²) >= 11 is 0. The molecule has 0 saturated heterocycles. The van der Waals surface area contributed by atoms with Crippen molar-refractivity contribution in [3.63, 3.8) is 0 Å². The van der Waals surface area contributed by atoms with Gasteiger partial charge in [0, 0.05) is 23.6 Å². The molecular formula is C12H17N3O. The molecule has 16 heavy (non-hydrogen) atoms. The molecule has 4 nitrogen and oxygen atoms in total. The summed E-state index contributed by atoms with van der Waals surface area (Å²) in [7, 11) is 1.82. The molecule has 2 rings (SSSR count). The van der Waals surface area contributed by atoms with Crippen LogP contribution in [0.5, 0.6) is 0 Å². The maximum absolute atomic E-state index is 9.85. The van der Waals surface area contributed by atoms with Crippen LogP contribution in [-0.2, 0) is 0 Å². The molecule has 0 amide bonds. The molecule has 0 aliphatic rings. The van der Waals surface area contributed by atoms with Crippen molar-refractivity contribution in [1.29, 1.82) is 0 Å². The zero-order chi connectivity index (χ0) is 11.5. The Morgan fingerprint density at radius 3 is 2.88 bits per heavy atom. The quantitative estimate of drug-likeness (QED) is 0.613. The average molecular weight is 219 g/mol. The summed E-state index contributed by atoms with van der Waals surface area (Å²) in [6.07, 6.45) is 1.34. The van der Waals surface area contributed by atoms with Gasteiger partial charge in [0.05, 0.1) is 12.1 Å². The van der Waals surface area contributed by atoms with E-state index in [1.165, 1.54) is 0 Å². The van der Waals surface area contributed by atoms with E-state index in [9.17, 15) is 5.11 Å². The zero-order valence-corrected chi connectivity index (χ0v) is 9.27. The molecule has 5 N–H and O–H groups in total. The molecule has 0 bridgehead atoms. The van der Waals surface area contributed by atoms with Crippen molar-refractivity contribution in [1.82, 2.24) is 10.3 Å². The third kappa shape index (κ3) is 1.82. The first kappa shape index (κ1) is 11.1. The van der Waals surface area contributed by atoms with Crippen LogP contribution in [0.3, 0.4) is 0 Å². The van der Waals surface area contributed by atoms with Crippen molar-refractivity contribution in [2.24, 2.45) is 5.73 Å². The van der Waals surface area contributed by atoms with Gasteiger partial charge in [0.25, 0.3) is 0 Å². The number of aromatic nitrogens is 1. The predicted molar refractivity (Wildman–Crippen MR) is 65.2 cm³/mol. The number of rotatable bonds is 4. The van der Waals surface area contributed by atoms with Crippen LogP contribution in [0.25, 0.3) is 10.9 Å². The lowest BCUT2D eigenvalue weighted by molar-refractivity contribution is 0.139. The van der Waals surface area contributed by atoms with E-state index in [1.807, 2.05) is 37.5 Å². The molecule has 2 aromatic rings. The van der Waals surface area contributed by atoms with Gasteiger partial charge in [-0.3, -0.25) is 0 Å². The molecule has 2 atom stereocenters. The predicted octanol–water partition coefficient (Wildman–Crippen LogP) is 0.748. The van der Waals surface area contributed by atoms with Gasteiger partial charge in [-0.2, -0.15) is 0 Å². The zero-order valence-electron chi connectivity index (χ0n) is 9.27. The summed E-state index contributed by atoms with van der Waals surface area (Å²) in [5.41, 5.74) is 7.62. The van der Waals surface area contributed by atoms with Crippen LogP contribution >= 0.6 is 0 Å². The van der Waals surface area contributed by atoms with E-state index in [-0.39, 0.29) is 12.6 Å². The minimum Gasteiger partial charge on any atom is -0.390 e. The van der Waals surface area contributed by atoms with E-state index in [1.54, 1.807) is 0 Å². The summed E-state index contributed by atoms with van der Waals surface area (Å²) in [5.74, 6) is 0. The van der Waals surface area contributed by atoms with Gasteiger partial charge in [-0.25, -0.2) is 0 Å². The van der Waals surface area contributed by atoms with Crippen molar-refractivity contribution in [3.05, 3.63) is 36.0 Å². The van der Waals surface area contributed by atoms with Gasteiger partial charge in [-0.15, -0.1) is 0 Å². The first-order valence-electron chi connectivity index (χ1n) is 5.39. The number of nitrogens with one attached hydrogen (secondary N) is 2. The summed E-state index contributed by atoms with van der Waals surface area (Å²) in [6, 6.07) is 7.88. The molecule has 0 spiro atoms. The second-order valence-corrected chi connectivity index (χ2v) is 3.86. The molecule has 0 aliphatic carbocycles. The van der Waals surface area contributed by atoms with Gasteiger partial charge in [-0.1, -0.05) is 18.2 Å². The SMILES string of the molecule is CNC(c1c[nH]c2ccccc12)C(O)CN. The summed E-state index contributed by atoms with van der Waals surface area (Å²) in [4.78, 5) is 3.19. The number of aliphatic hydroxyl groups is 1. The van der Waals surface area contributed by atoms with Gasteiger partial charge in [0.1, 0.15) is 0 Å². The van der Waals surface area contributed by atoms with Gasteiger partial charge in [-0.05, 0) is 18.7 Å². The third-order valence-corrected chi connectivity index (χ3v) is 2.89. The molecule has 2 unspecified atom stereocenters. The Hall–Kier alpha value is -1.36. The Bertz CT molecular complexity index is 466. The van der Waals surface area contributed by atoms with Crippen molar-refractivity contribution >= 4 is 10.9 Å². The fourth-order valence-corrected chi connectivity index (χ4v) is 2.04. The van der Waals surface area contributed by atoms with E-state index in [4.69, 9.17) is 5.73 Å². The maximum atomic E-state index is 9.85. The van der Waals surface area contributed by atoms with E-state index >= 15 is 0 Å². The van der Waals surface area contributed by atoms with Crippen LogP contribution in [-0.4, -0.2) is 29.8 Å². The highest BCUT2D eigenvalue weighted by atomic mass is 16.3. The first-order valence-corrected chi connectivity index (χ1v) is 5.39. The molecule has 1 aromatic heterocycles. The molecule has 0 radical (unpaired) electrons. The smallest absolute Gasteiger partial charge is 0.0857 e. The number of aliphatic hydroxyl groups excluding tert-OH is 1. The number of nitrogens with two attached hydrogens (primary N) is 1. The van der Waals surface area contributed by atoms with Crippen LogP contribution in [0, 0.1) is 0 Å². The van der Waals surface area contributed by atoms with Crippen LogP contribution in [0.4, 0.5) is 0 Å². The number of H-pyrrole nitrogens is 1. The molecule has 0 aliphatic heterocycles. The first-order chi connectivity index (χ1) is 7.77. The average Bonchev–Trinajstić information content (AvgIpc) is 2.74. The second kappa shape index (κ2) is 4.65. The number of benzene rings is 1. The number of aromatic amines is 1. The van der Waals surface area contributed by atoms with Gasteiger partial charge >= 0.3 is 0 Å². The number of para-hydroxylation sites is 1. The highest BCUT2D eigenvalue weighted by molar-refractivity contribution is 5.83. The molecular weight excluding hydrogens is 202 g/mol. The Labute approximate surface area is 94.5 Å². The minimum atomic E-state index is -0.579. The lowest BCUT2D eigenvalue weighted by Crippen LogP contribution is -2.34. The topological polar surface area (TPSA) is 74.1 Å². The van der Waals surface area contributed by atoms with E-state index in [0.717, 1.165) is 16.5 Å². The van der Waals surface area contributed by atoms with Crippen molar-refractivity contribution in [2.75, 3.05) is 13.6 Å². The van der Waals surface area contributed by atoms with Crippen LogP contribution in [0.2, 0.25) is 0 Å². The maximum Gasteiger partial charge on any atom is 0.0857 e. The highest BCUT2D eigenvalue weighted by Gasteiger charge is 2.20. The minimum absolute atomic E-state index is 0.138. The molecule has 4 heteroatoms. The molecule has 0 saturated carbocycles. The molecule has 1 aromatic carbocycles. The van der Waals surface area contributed by atoms with E-state index < -0.39 is 6.10 Å². The number of fused-ring (bicyclic) bond motifs is 1. The van der Waals surface area contributed by atoms with E-state index in [0.29, 0.717) is 0 Å². The molecule has 0 fully saturated rings. The Balaban J connectivity index is 2.45. The number of likely N-dealkylation sites (N-methyl/N-ethyl adjacent to an activating group) is 1. The van der Waals surface area contributed by atoms with Gasteiger partial charge < -0.3 is 21.1 Å². The van der Waals surface area contributed by atoms with Crippen LogP contribution < -0.4 is 11.1 Å². The monoisotopic (exact) mass is 219 g/mol. The lowest BCUT2D eigenvalue weighted by atomic mass is 10.0. The van der Waals surface area contributed by atoms with E-state index in [2.05, 4.69) is 10.3 Å². The van der Waals surface area contributed by atoms with Crippen molar-refractivity contribution in [3.8, 4) is 0 Å². The molecule has 86 valence electrons. The number of hydrogen-bond donors (Lipinski definition) is 4. The van der Waals surface area contributed by atoms with Gasteiger partial charge in [0.2, 0.25) is 0 Å². The summed E-state index contributed by atoms with van der Waals surface area (Å²) < 4.78 is 0. The fraction of sp³-hybridized carbons (Fsp3) is 0.333. The standard InChI is InChI=1S/C12H17N3O/c1-14-12(11(16)6-13)9-7-15-10-5-3-2-4-8(9)10/h2-5,7,11-12,14-16H,6,13H2,1H3. The Kier molecular flexibility index (Phi) is 3.24. The van der Waals surface area contributed by atoms with Crippen molar-refractivity contribution < 1.29 is 5.11 Å². The molecule has 1 heterocycles. The Morgan fingerprint density at radius 2 is 2.19 bits per heavy atom. The van der Waals surface area contributed by atoms with Crippen LogP contribution in [0.15, 0.2) is 30.5 Å². The largest absolute Gasteiger partial charge is 0.390 e. The lowest BCUT2D eigenvalue weighted by Gasteiger charge is -2.20. The Morgan fingerprint density at radius 1 is 1.44 bits per heavy atom. The van der Waals surface area contributed by atoms with Gasteiger partial charge in [0.15, 0.2) is 0 Å². The highest BCUT2D eigenvalue weighted by Crippen LogP contribution is 2.25. The summed E-state index contributed by atoms with van der Waals surface area (Å²) in [5, 5.41) is 14.1. The third-order valence-electron chi connectivity index (χ3n) is 2.89. The summed E-state index contributed by atoms with van der Waals surface area (Å²) in [6.45, 7) is 0.241. The fourth-order valence-electron chi connectivity index (χ4n) is 2.04. The van der Waals surface area contributed by atoms with Crippen LogP contribution in [0.1, 0.15) is 11.6 Å². The normalized spacial score (nSPS) is 15.2.